The third-order valence-electron chi connectivity index (χ3n) is 1.35. The first kappa shape index (κ1) is 8.91. The molecule has 0 N–H and O–H groups in total. The Balaban J connectivity index is 0.000000640. The van der Waals surface area contributed by atoms with Gasteiger partial charge in [-0.2, -0.15) is 35.4 Å². The van der Waals surface area contributed by atoms with Crippen molar-refractivity contribution < 1.29 is 21.1 Å². The SMILES string of the molecule is Cc1c[c-]ccc1C.[W]. The second kappa shape index (κ2) is 3.84. The molecule has 1 rings (SSSR count). The molecule has 0 nitrogen and oxygen atoms in total. The van der Waals surface area contributed by atoms with Gasteiger partial charge in [-0.3, -0.25) is 0 Å². The Morgan fingerprint density at radius 3 is 2.22 bits per heavy atom. The molecule has 0 fully saturated rings. The molecule has 0 aliphatic rings. The van der Waals surface area contributed by atoms with Crippen LogP contribution in [-0.4, -0.2) is 0 Å². The molecule has 0 aliphatic carbocycles. The summed E-state index contributed by atoms with van der Waals surface area (Å²) in [6, 6.07) is 8.99. The smallest absolute Gasteiger partial charge is 0 e. The molecule has 0 bridgehead atoms. The molecule has 0 heterocycles. The minimum Gasteiger partial charge on any atom is -0.184 e. The zero-order valence-electron chi connectivity index (χ0n) is 5.64. The first-order valence-corrected chi connectivity index (χ1v) is 2.74. The number of aryl methyl sites for hydroxylation is 2. The van der Waals surface area contributed by atoms with Crippen molar-refractivity contribution in [3.63, 3.8) is 0 Å². The molecule has 0 amide bonds. The van der Waals surface area contributed by atoms with Gasteiger partial charge in [-0.15, -0.1) is 0 Å². The maximum Gasteiger partial charge on any atom is 0 e. The molecule has 48 valence electrons. The molecule has 0 aliphatic heterocycles. The largest absolute Gasteiger partial charge is 0.184 e. The van der Waals surface area contributed by atoms with E-state index in [0.29, 0.717) is 0 Å². The predicted molar refractivity (Wildman–Crippen MR) is 34.8 cm³/mol. The van der Waals surface area contributed by atoms with Crippen molar-refractivity contribution in [1.29, 1.82) is 0 Å². The maximum absolute atomic E-state index is 3.00. The molecule has 0 atom stereocenters. The van der Waals surface area contributed by atoms with Gasteiger partial charge in [-0.05, 0) is 0 Å². The van der Waals surface area contributed by atoms with E-state index in [4.69, 9.17) is 0 Å². The second-order valence-electron chi connectivity index (χ2n) is 2.01. The summed E-state index contributed by atoms with van der Waals surface area (Å²) in [4.78, 5) is 0. The predicted octanol–water partition coefficient (Wildman–Crippen LogP) is 2.10. The van der Waals surface area contributed by atoms with Crippen LogP contribution in [0.5, 0.6) is 0 Å². The van der Waals surface area contributed by atoms with Crippen molar-refractivity contribution in [2.75, 3.05) is 0 Å². The minimum atomic E-state index is 0. The van der Waals surface area contributed by atoms with Crippen LogP contribution in [0.15, 0.2) is 18.2 Å². The summed E-state index contributed by atoms with van der Waals surface area (Å²) in [5.41, 5.74) is 2.65. The fourth-order valence-electron chi connectivity index (χ4n) is 0.592. The molecule has 0 radical (unpaired) electrons. The van der Waals surface area contributed by atoms with Crippen LogP contribution in [0, 0.1) is 19.9 Å². The van der Waals surface area contributed by atoms with E-state index in [9.17, 15) is 0 Å². The maximum atomic E-state index is 3.00. The fourth-order valence-corrected chi connectivity index (χ4v) is 0.592. The molecule has 1 heteroatoms. The first-order chi connectivity index (χ1) is 3.80. The average Bonchev–Trinajstić information content (AvgIpc) is 1.77. The summed E-state index contributed by atoms with van der Waals surface area (Å²) in [6.07, 6.45) is 0. The molecular weight excluding hydrogens is 280 g/mol. The van der Waals surface area contributed by atoms with Gasteiger partial charge in [0.15, 0.2) is 0 Å². The average molecular weight is 289 g/mol. The van der Waals surface area contributed by atoms with Crippen LogP contribution in [0.1, 0.15) is 11.1 Å². The van der Waals surface area contributed by atoms with E-state index in [0.717, 1.165) is 0 Å². The van der Waals surface area contributed by atoms with Crippen molar-refractivity contribution in [1.82, 2.24) is 0 Å². The number of hydrogen-bond acceptors (Lipinski definition) is 0. The Morgan fingerprint density at radius 2 is 1.89 bits per heavy atom. The minimum absolute atomic E-state index is 0. The Hall–Kier alpha value is -0.0917. The van der Waals surface area contributed by atoms with Crippen LogP contribution in [0.25, 0.3) is 0 Å². The van der Waals surface area contributed by atoms with Crippen LogP contribution in [-0.2, 0) is 21.1 Å². The molecule has 9 heavy (non-hydrogen) atoms. The van der Waals surface area contributed by atoms with E-state index < -0.39 is 0 Å². The van der Waals surface area contributed by atoms with Gasteiger partial charge in [0.05, 0.1) is 0 Å². The van der Waals surface area contributed by atoms with Crippen LogP contribution >= 0.6 is 0 Å². The van der Waals surface area contributed by atoms with Gasteiger partial charge < -0.3 is 0 Å². The van der Waals surface area contributed by atoms with Crippen LogP contribution in [0.2, 0.25) is 0 Å². The summed E-state index contributed by atoms with van der Waals surface area (Å²) >= 11 is 0. The second-order valence-corrected chi connectivity index (χ2v) is 2.01. The summed E-state index contributed by atoms with van der Waals surface area (Å²) in [6.45, 7) is 4.19. The van der Waals surface area contributed by atoms with E-state index in [1.807, 2.05) is 12.1 Å². The van der Waals surface area contributed by atoms with Gasteiger partial charge >= 0.3 is 0 Å². The van der Waals surface area contributed by atoms with Crippen molar-refractivity contribution in [3.05, 3.63) is 35.4 Å². The molecule has 0 saturated carbocycles. The Labute approximate surface area is 70.5 Å². The van der Waals surface area contributed by atoms with Crippen molar-refractivity contribution >= 4 is 0 Å². The number of benzene rings is 1. The number of rotatable bonds is 0. The van der Waals surface area contributed by atoms with E-state index in [-0.39, 0.29) is 21.1 Å². The zero-order valence-corrected chi connectivity index (χ0v) is 8.57. The summed E-state index contributed by atoms with van der Waals surface area (Å²) in [7, 11) is 0. The van der Waals surface area contributed by atoms with E-state index >= 15 is 0 Å². The van der Waals surface area contributed by atoms with E-state index in [1.54, 1.807) is 0 Å². The molecule has 0 saturated heterocycles. The summed E-state index contributed by atoms with van der Waals surface area (Å²) < 4.78 is 0. The van der Waals surface area contributed by atoms with Crippen LogP contribution < -0.4 is 0 Å². The van der Waals surface area contributed by atoms with Gasteiger partial charge in [0.2, 0.25) is 0 Å². The van der Waals surface area contributed by atoms with Gasteiger partial charge in [0, 0.05) is 21.1 Å². The van der Waals surface area contributed by atoms with Crippen molar-refractivity contribution in [2.45, 2.75) is 13.8 Å². The fraction of sp³-hybridized carbons (Fsp3) is 0.250. The van der Waals surface area contributed by atoms with Crippen LogP contribution in [0.3, 0.4) is 0 Å². The molecule has 1 aromatic carbocycles. The van der Waals surface area contributed by atoms with E-state index in [2.05, 4.69) is 26.0 Å². The molecule has 0 aromatic heterocycles. The third-order valence-corrected chi connectivity index (χ3v) is 1.35. The van der Waals surface area contributed by atoms with Gasteiger partial charge in [0.25, 0.3) is 0 Å². The Bertz CT molecular complexity index is 161. The summed E-state index contributed by atoms with van der Waals surface area (Å²) in [5, 5.41) is 0. The van der Waals surface area contributed by atoms with E-state index in [1.165, 1.54) is 11.1 Å². The Morgan fingerprint density at radius 1 is 1.22 bits per heavy atom. The van der Waals surface area contributed by atoms with Crippen molar-refractivity contribution in [2.24, 2.45) is 0 Å². The normalized spacial score (nSPS) is 8.22. The zero-order chi connectivity index (χ0) is 5.98. The number of hydrogen-bond donors (Lipinski definition) is 0. The standard InChI is InChI=1S/C8H9.W/c1-7-5-3-4-6-8(7)2;/h3,5-6H,1-2H3;/q-1;. The van der Waals surface area contributed by atoms with Gasteiger partial charge in [0.1, 0.15) is 0 Å². The van der Waals surface area contributed by atoms with Crippen LogP contribution in [0.4, 0.5) is 0 Å². The molecule has 0 unspecified atom stereocenters. The summed E-state index contributed by atoms with van der Waals surface area (Å²) in [5.74, 6) is 0. The quantitative estimate of drug-likeness (QED) is 0.642. The molecule has 0 spiro atoms. The molecular formula is C8H9W-. The third kappa shape index (κ3) is 2.32. The molecule has 1 aromatic rings. The van der Waals surface area contributed by atoms with Gasteiger partial charge in [-0.1, -0.05) is 13.8 Å². The van der Waals surface area contributed by atoms with Gasteiger partial charge in [-0.25, -0.2) is 0 Å². The Kier molecular flexibility index (Phi) is 3.81. The van der Waals surface area contributed by atoms with Crippen molar-refractivity contribution in [3.8, 4) is 0 Å². The topological polar surface area (TPSA) is 0 Å². The monoisotopic (exact) mass is 289 g/mol. The first-order valence-electron chi connectivity index (χ1n) is 2.74.